The van der Waals surface area contributed by atoms with Crippen LogP contribution in [0.5, 0.6) is 5.75 Å². The van der Waals surface area contributed by atoms with Crippen LogP contribution in [-0.4, -0.2) is 83.6 Å². The zero-order valence-corrected chi connectivity index (χ0v) is 16.7. The summed E-state index contributed by atoms with van der Waals surface area (Å²) >= 11 is 0. The van der Waals surface area contributed by atoms with E-state index in [-0.39, 0.29) is 37.6 Å². The number of rotatable bonds is 11. The fourth-order valence-electron chi connectivity index (χ4n) is 3.47. The van der Waals surface area contributed by atoms with Crippen molar-refractivity contribution in [2.45, 2.75) is 44.4 Å². The van der Waals surface area contributed by atoms with Crippen LogP contribution < -0.4 is 4.74 Å². The van der Waals surface area contributed by atoms with Crippen molar-refractivity contribution in [3.63, 3.8) is 0 Å². The lowest BCUT2D eigenvalue weighted by Gasteiger charge is -2.30. The van der Waals surface area contributed by atoms with Gasteiger partial charge in [-0.3, -0.25) is 4.90 Å². The smallest absolute Gasteiger partial charge is 0.119 e. The molecule has 7 heteroatoms. The number of hydrogen-bond acceptors (Lipinski definition) is 7. The first-order valence-electron chi connectivity index (χ1n) is 9.61. The van der Waals surface area contributed by atoms with Gasteiger partial charge in [0, 0.05) is 33.3 Å². The van der Waals surface area contributed by atoms with Crippen LogP contribution >= 0.6 is 0 Å². The van der Waals surface area contributed by atoms with E-state index in [1.165, 1.54) is 5.06 Å². The molecule has 0 aromatic heterocycles. The number of likely N-dealkylation sites (N-methyl/N-ethyl adjacent to an activating group) is 1. The van der Waals surface area contributed by atoms with Crippen molar-refractivity contribution in [3.05, 3.63) is 29.8 Å². The SMILES string of the molecule is CN(O)[C@H](CN1CC[C@H](OC(C)(C)CCO)C1)c1ccc(OCCO)cc1. The number of likely N-dealkylation sites (tertiary alicyclic amines) is 1. The van der Waals surface area contributed by atoms with Crippen LogP contribution in [0.4, 0.5) is 0 Å². The molecule has 0 spiro atoms. The van der Waals surface area contributed by atoms with Gasteiger partial charge in [-0.1, -0.05) is 12.1 Å². The summed E-state index contributed by atoms with van der Waals surface area (Å²) in [4.78, 5) is 2.30. The Morgan fingerprint density at radius 3 is 2.52 bits per heavy atom. The monoisotopic (exact) mass is 382 g/mol. The molecule has 154 valence electrons. The summed E-state index contributed by atoms with van der Waals surface area (Å²) in [6, 6.07) is 7.45. The van der Waals surface area contributed by atoms with Gasteiger partial charge in [-0.15, -0.1) is 0 Å². The Bertz CT molecular complexity index is 550. The van der Waals surface area contributed by atoms with Crippen LogP contribution in [0.15, 0.2) is 24.3 Å². The lowest BCUT2D eigenvalue weighted by molar-refractivity contribution is -0.112. The molecule has 0 radical (unpaired) electrons. The maximum absolute atomic E-state index is 10.1. The average molecular weight is 383 g/mol. The average Bonchev–Trinajstić information content (AvgIpc) is 3.04. The molecule has 2 atom stereocenters. The molecule has 0 bridgehead atoms. The van der Waals surface area contributed by atoms with E-state index in [0.29, 0.717) is 18.7 Å². The van der Waals surface area contributed by atoms with Gasteiger partial charge in [0.05, 0.1) is 24.4 Å². The molecule has 0 unspecified atom stereocenters. The minimum Gasteiger partial charge on any atom is -0.491 e. The largest absolute Gasteiger partial charge is 0.491 e. The zero-order chi connectivity index (χ0) is 19.9. The van der Waals surface area contributed by atoms with E-state index >= 15 is 0 Å². The fourth-order valence-corrected chi connectivity index (χ4v) is 3.47. The number of nitrogens with zero attached hydrogens (tertiary/aromatic N) is 2. The maximum atomic E-state index is 10.1. The molecule has 3 N–H and O–H groups in total. The van der Waals surface area contributed by atoms with Gasteiger partial charge in [0.2, 0.25) is 0 Å². The van der Waals surface area contributed by atoms with Crippen molar-refractivity contribution in [2.24, 2.45) is 0 Å². The molecule has 0 saturated carbocycles. The number of benzene rings is 1. The third kappa shape index (κ3) is 7.03. The molecule has 7 nitrogen and oxygen atoms in total. The second kappa shape index (κ2) is 10.4. The number of ether oxygens (including phenoxy) is 2. The van der Waals surface area contributed by atoms with Gasteiger partial charge in [0.1, 0.15) is 12.4 Å². The van der Waals surface area contributed by atoms with Crippen LogP contribution in [0.2, 0.25) is 0 Å². The highest BCUT2D eigenvalue weighted by atomic mass is 16.5. The molecule has 1 heterocycles. The number of aliphatic hydroxyl groups excluding tert-OH is 2. The Hall–Kier alpha value is -1.22. The van der Waals surface area contributed by atoms with Crippen molar-refractivity contribution in [1.29, 1.82) is 0 Å². The molecule has 1 aromatic rings. The summed E-state index contributed by atoms with van der Waals surface area (Å²) in [5.74, 6) is 0.702. The molecule has 1 aromatic carbocycles. The quantitative estimate of drug-likeness (QED) is 0.502. The molecule has 27 heavy (non-hydrogen) atoms. The molecule has 1 fully saturated rings. The van der Waals surface area contributed by atoms with Gasteiger partial charge < -0.3 is 24.9 Å². The van der Waals surface area contributed by atoms with Crippen molar-refractivity contribution in [3.8, 4) is 5.75 Å². The van der Waals surface area contributed by atoms with Gasteiger partial charge in [0.15, 0.2) is 0 Å². The van der Waals surface area contributed by atoms with Crippen LogP contribution in [0, 0.1) is 0 Å². The predicted molar refractivity (Wildman–Crippen MR) is 103 cm³/mol. The van der Waals surface area contributed by atoms with E-state index < -0.39 is 0 Å². The van der Waals surface area contributed by atoms with E-state index in [9.17, 15) is 5.21 Å². The van der Waals surface area contributed by atoms with E-state index in [4.69, 9.17) is 19.7 Å². The van der Waals surface area contributed by atoms with Crippen molar-refractivity contribution in [2.75, 3.05) is 46.5 Å². The van der Waals surface area contributed by atoms with Gasteiger partial charge in [0.25, 0.3) is 0 Å². The second-order valence-corrected chi connectivity index (χ2v) is 7.75. The van der Waals surface area contributed by atoms with Crippen molar-refractivity contribution >= 4 is 0 Å². The second-order valence-electron chi connectivity index (χ2n) is 7.75. The first-order chi connectivity index (χ1) is 12.8. The van der Waals surface area contributed by atoms with E-state index in [0.717, 1.165) is 25.1 Å². The Morgan fingerprint density at radius 2 is 1.93 bits per heavy atom. The van der Waals surface area contributed by atoms with Crippen LogP contribution in [0.25, 0.3) is 0 Å². The third-order valence-corrected chi connectivity index (χ3v) is 4.94. The van der Waals surface area contributed by atoms with Crippen LogP contribution in [-0.2, 0) is 4.74 Å². The predicted octanol–water partition coefficient (Wildman–Crippen LogP) is 1.67. The van der Waals surface area contributed by atoms with E-state index in [2.05, 4.69) is 4.90 Å². The molecule has 1 aliphatic rings. The standard InChI is InChI=1S/C20H34N2O5/c1-20(2,9-11-23)27-18-8-10-22(14-18)15-19(21(3)25)16-4-6-17(7-5-16)26-13-12-24/h4-7,18-19,23-25H,8-15H2,1-3H3/t18-,19+/m0/s1. The minimum absolute atomic E-state index is 0.0168. The summed E-state index contributed by atoms with van der Waals surface area (Å²) < 4.78 is 11.5. The van der Waals surface area contributed by atoms with Crippen molar-refractivity contribution in [1.82, 2.24) is 9.96 Å². The van der Waals surface area contributed by atoms with Gasteiger partial charge in [-0.05, 0) is 44.4 Å². The molecular formula is C20H34N2O5. The molecule has 1 aliphatic heterocycles. The normalized spacial score (nSPS) is 19.6. The highest BCUT2D eigenvalue weighted by molar-refractivity contribution is 5.29. The third-order valence-electron chi connectivity index (χ3n) is 4.94. The number of hydrogen-bond donors (Lipinski definition) is 3. The lowest BCUT2D eigenvalue weighted by Crippen LogP contribution is -2.36. The molecular weight excluding hydrogens is 348 g/mol. The summed E-state index contributed by atoms with van der Waals surface area (Å²) in [6.45, 7) is 6.83. The molecule has 0 aliphatic carbocycles. The van der Waals surface area contributed by atoms with Crippen LogP contribution in [0.1, 0.15) is 38.3 Å². The highest BCUT2D eigenvalue weighted by Crippen LogP contribution is 2.26. The fraction of sp³-hybridized carbons (Fsp3) is 0.700. The van der Waals surface area contributed by atoms with Gasteiger partial charge in [-0.25, -0.2) is 0 Å². The van der Waals surface area contributed by atoms with Gasteiger partial charge in [-0.2, -0.15) is 5.06 Å². The van der Waals surface area contributed by atoms with Crippen molar-refractivity contribution < 1.29 is 24.9 Å². The number of aliphatic hydroxyl groups is 2. The Balaban J connectivity index is 1.93. The van der Waals surface area contributed by atoms with Crippen LogP contribution in [0.3, 0.4) is 0 Å². The maximum Gasteiger partial charge on any atom is 0.119 e. The first kappa shape index (κ1) is 22.1. The summed E-state index contributed by atoms with van der Waals surface area (Å²) in [5.41, 5.74) is 0.675. The minimum atomic E-state index is -0.326. The van der Waals surface area contributed by atoms with Gasteiger partial charge >= 0.3 is 0 Å². The zero-order valence-electron chi connectivity index (χ0n) is 16.7. The highest BCUT2D eigenvalue weighted by Gasteiger charge is 2.31. The van der Waals surface area contributed by atoms with E-state index in [1.54, 1.807) is 7.05 Å². The summed E-state index contributed by atoms with van der Waals surface area (Å²) in [7, 11) is 1.66. The molecule has 2 rings (SSSR count). The Morgan fingerprint density at radius 1 is 1.22 bits per heavy atom. The van der Waals surface area contributed by atoms with E-state index in [1.807, 2.05) is 38.1 Å². The Labute approximate surface area is 162 Å². The lowest BCUT2D eigenvalue weighted by atomic mass is 10.1. The summed E-state index contributed by atoms with van der Waals surface area (Å²) in [5, 5.41) is 29.4. The molecule has 1 saturated heterocycles. The first-order valence-corrected chi connectivity index (χ1v) is 9.61. The topological polar surface area (TPSA) is 85.6 Å². The molecule has 0 amide bonds. The Kier molecular flexibility index (Phi) is 8.47. The summed E-state index contributed by atoms with van der Waals surface area (Å²) in [6.07, 6.45) is 1.71. The number of hydroxylamine groups is 2.